The van der Waals surface area contributed by atoms with Gasteiger partial charge < -0.3 is 5.32 Å². The highest BCUT2D eigenvalue weighted by Gasteiger charge is 2.57. The number of carbonyl (C=O) groups excluding carboxylic acids is 1. The minimum absolute atomic E-state index is 0.0861. The van der Waals surface area contributed by atoms with Crippen LogP contribution in [0.1, 0.15) is 41.9 Å². The SMILES string of the molecule is C[C@@H]1C[C@H]2[C@@H](NC(=O)Nc3ccc(C#N)cn3)[C@H]2c2c(F)ccc(F)c21. The number of amides is 2. The monoisotopic (exact) mass is 354 g/mol. The zero-order valence-corrected chi connectivity index (χ0v) is 14.0. The number of pyridine rings is 1. The molecule has 0 saturated heterocycles. The van der Waals surface area contributed by atoms with Gasteiger partial charge in [0.05, 0.1) is 5.56 Å². The molecule has 132 valence electrons. The van der Waals surface area contributed by atoms with Crippen molar-refractivity contribution in [2.24, 2.45) is 5.92 Å². The van der Waals surface area contributed by atoms with Crippen LogP contribution in [-0.2, 0) is 0 Å². The molecule has 2 amide bonds. The molecule has 2 N–H and O–H groups in total. The summed E-state index contributed by atoms with van der Waals surface area (Å²) in [5, 5.41) is 14.2. The number of hydrogen-bond acceptors (Lipinski definition) is 3. The Morgan fingerprint density at radius 2 is 1.96 bits per heavy atom. The van der Waals surface area contributed by atoms with Crippen molar-refractivity contribution in [1.82, 2.24) is 10.3 Å². The molecule has 1 aromatic carbocycles. The Bertz CT molecular complexity index is 922. The lowest BCUT2D eigenvalue weighted by Crippen LogP contribution is -2.32. The highest BCUT2D eigenvalue weighted by atomic mass is 19.1. The number of hydrogen-bond donors (Lipinski definition) is 2. The van der Waals surface area contributed by atoms with Crippen LogP contribution in [0.4, 0.5) is 19.4 Å². The quantitative estimate of drug-likeness (QED) is 0.864. The topological polar surface area (TPSA) is 77.8 Å². The maximum absolute atomic E-state index is 14.3. The molecule has 2 aliphatic rings. The van der Waals surface area contributed by atoms with E-state index in [4.69, 9.17) is 5.26 Å². The van der Waals surface area contributed by atoms with Crippen LogP contribution in [0.3, 0.4) is 0 Å². The number of rotatable bonds is 2. The maximum atomic E-state index is 14.3. The van der Waals surface area contributed by atoms with Crippen molar-refractivity contribution < 1.29 is 13.6 Å². The van der Waals surface area contributed by atoms with Gasteiger partial charge in [0.1, 0.15) is 23.5 Å². The van der Waals surface area contributed by atoms with Crippen molar-refractivity contribution in [2.45, 2.75) is 31.2 Å². The van der Waals surface area contributed by atoms with Crippen LogP contribution in [0.25, 0.3) is 0 Å². The number of halogens is 2. The standard InChI is InChI=1S/C19H16F2N4O/c1-9-6-11-16(17-13(21)4-3-12(20)15(9)17)18(11)25-19(26)24-14-5-2-10(7-22)8-23-14/h2-5,8-9,11,16,18H,6H2,1H3,(H2,23,24,25,26)/t9-,11-,16-,18-/m1/s1. The van der Waals surface area contributed by atoms with Crippen molar-refractivity contribution in [3.8, 4) is 6.07 Å². The first kappa shape index (κ1) is 16.5. The molecule has 1 aromatic heterocycles. The van der Waals surface area contributed by atoms with Crippen molar-refractivity contribution in [3.63, 3.8) is 0 Å². The Labute approximate surface area is 149 Å². The fourth-order valence-electron chi connectivity index (χ4n) is 4.04. The summed E-state index contributed by atoms with van der Waals surface area (Å²) in [7, 11) is 0. The molecule has 0 aliphatic heterocycles. The molecule has 0 bridgehead atoms. The second-order valence-electron chi connectivity index (χ2n) is 6.85. The molecule has 1 heterocycles. The van der Waals surface area contributed by atoms with Crippen LogP contribution in [-0.4, -0.2) is 17.1 Å². The first-order chi connectivity index (χ1) is 12.5. The minimum atomic E-state index is -0.451. The summed E-state index contributed by atoms with van der Waals surface area (Å²) in [4.78, 5) is 16.2. The number of carbonyl (C=O) groups is 1. The molecule has 2 aromatic rings. The van der Waals surface area contributed by atoms with E-state index in [1.165, 1.54) is 18.3 Å². The van der Waals surface area contributed by atoms with Crippen LogP contribution < -0.4 is 10.6 Å². The van der Waals surface area contributed by atoms with Gasteiger partial charge >= 0.3 is 6.03 Å². The normalized spacial score (nSPS) is 25.5. The summed E-state index contributed by atoms with van der Waals surface area (Å²) in [6, 6.07) is 6.67. The van der Waals surface area contributed by atoms with Crippen molar-refractivity contribution in [2.75, 3.05) is 5.32 Å². The lowest BCUT2D eigenvalue weighted by molar-refractivity contribution is 0.251. The lowest BCUT2D eigenvalue weighted by Gasteiger charge is -2.22. The van der Waals surface area contributed by atoms with Crippen molar-refractivity contribution in [1.29, 1.82) is 5.26 Å². The average Bonchev–Trinajstić information content (AvgIpc) is 3.29. The summed E-state index contributed by atoms with van der Waals surface area (Å²) in [5.74, 6) is -0.663. The molecular weight excluding hydrogens is 338 g/mol. The van der Waals surface area contributed by atoms with Gasteiger partial charge in [-0.2, -0.15) is 5.26 Å². The molecule has 0 unspecified atom stereocenters. The zero-order valence-electron chi connectivity index (χ0n) is 14.0. The van der Waals surface area contributed by atoms with Gasteiger partial charge in [-0.3, -0.25) is 5.32 Å². The number of benzene rings is 1. The predicted octanol–water partition coefficient (Wildman–Crippen LogP) is 3.64. The molecule has 1 saturated carbocycles. The fraction of sp³-hybridized carbons (Fsp3) is 0.316. The molecule has 7 heteroatoms. The second-order valence-corrected chi connectivity index (χ2v) is 6.85. The third-order valence-electron chi connectivity index (χ3n) is 5.23. The van der Waals surface area contributed by atoms with E-state index in [-0.39, 0.29) is 29.6 Å². The molecular formula is C19H16F2N4O. The Balaban J connectivity index is 1.48. The maximum Gasteiger partial charge on any atom is 0.320 e. The van der Waals surface area contributed by atoms with Crippen LogP contribution in [0.2, 0.25) is 0 Å². The largest absolute Gasteiger partial charge is 0.334 e. The Hall–Kier alpha value is -3.01. The summed E-state index contributed by atoms with van der Waals surface area (Å²) in [6.07, 6.45) is 2.07. The van der Waals surface area contributed by atoms with Crippen molar-refractivity contribution in [3.05, 3.63) is 58.8 Å². The number of nitrogens with one attached hydrogen (secondary N) is 2. The highest BCUT2D eigenvalue weighted by molar-refractivity contribution is 5.89. The number of anilines is 1. The van der Waals surface area contributed by atoms with Gasteiger partial charge in [0.2, 0.25) is 0 Å². The number of urea groups is 1. The lowest BCUT2D eigenvalue weighted by atomic mass is 9.83. The van der Waals surface area contributed by atoms with E-state index >= 15 is 0 Å². The fourth-order valence-corrected chi connectivity index (χ4v) is 4.04. The summed E-state index contributed by atoms with van der Waals surface area (Å²) in [5.41, 5.74) is 1.23. The molecule has 4 atom stereocenters. The predicted molar refractivity (Wildman–Crippen MR) is 90.5 cm³/mol. The van der Waals surface area contributed by atoms with Crippen LogP contribution >= 0.6 is 0 Å². The van der Waals surface area contributed by atoms with Crippen LogP contribution in [0.5, 0.6) is 0 Å². The number of aromatic nitrogens is 1. The zero-order chi connectivity index (χ0) is 18.4. The number of nitriles is 1. The van der Waals surface area contributed by atoms with Crippen molar-refractivity contribution >= 4 is 11.8 Å². The molecule has 1 fully saturated rings. The highest BCUT2D eigenvalue weighted by Crippen LogP contribution is 2.59. The van der Waals surface area contributed by atoms with E-state index in [9.17, 15) is 13.6 Å². The molecule has 2 aliphatic carbocycles. The minimum Gasteiger partial charge on any atom is -0.334 e. The number of fused-ring (bicyclic) bond motifs is 3. The van der Waals surface area contributed by atoms with Crippen LogP contribution in [0.15, 0.2) is 30.5 Å². The second kappa shape index (κ2) is 6.06. The molecule has 0 spiro atoms. The van der Waals surface area contributed by atoms with E-state index in [1.54, 1.807) is 6.07 Å². The first-order valence-corrected chi connectivity index (χ1v) is 8.41. The Morgan fingerprint density at radius 1 is 1.23 bits per heavy atom. The molecule has 5 nitrogen and oxygen atoms in total. The van der Waals surface area contributed by atoms with Gasteiger partial charge in [0, 0.05) is 18.2 Å². The average molecular weight is 354 g/mol. The summed E-state index contributed by atoms with van der Waals surface area (Å²) in [6.45, 7) is 1.88. The van der Waals surface area contributed by atoms with E-state index in [2.05, 4.69) is 15.6 Å². The van der Waals surface area contributed by atoms with Gasteiger partial charge in [-0.15, -0.1) is 0 Å². The molecule has 4 rings (SSSR count). The Morgan fingerprint density at radius 3 is 2.62 bits per heavy atom. The molecule has 0 radical (unpaired) electrons. The van der Waals surface area contributed by atoms with E-state index < -0.39 is 11.8 Å². The van der Waals surface area contributed by atoms with Gasteiger partial charge in [0.25, 0.3) is 0 Å². The van der Waals surface area contributed by atoms with E-state index in [1.807, 2.05) is 13.0 Å². The molecule has 26 heavy (non-hydrogen) atoms. The van der Waals surface area contributed by atoms with E-state index in [0.717, 1.165) is 6.07 Å². The number of nitrogens with zero attached hydrogens (tertiary/aromatic N) is 2. The summed E-state index contributed by atoms with van der Waals surface area (Å²) >= 11 is 0. The van der Waals surface area contributed by atoms with Crippen LogP contribution in [0, 0.1) is 28.9 Å². The third kappa shape index (κ3) is 2.68. The van der Waals surface area contributed by atoms with Gasteiger partial charge in [-0.25, -0.2) is 18.6 Å². The smallest absolute Gasteiger partial charge is 0.320 e. The van der Waals surface area contributed by atoms with Gasteiger partial charge in [-0.05, 0) is 53.6 Å². The third-order valence-corrected chi connectivity index (χ3v) is 5.23. The summed E-state index contributed by atoms with van der Waals surface area (Å²) < 4.78 is 28.4. The van der Waals surface area contributed by atoms with Gasteiger partial charge in [-0.1, -0.05) is 6.92 Å². The first-order valence-electron chi connectivity index (χ1n) is 8.41. The van der Waals surface area contributed by atoms with Gasteiger partial charge in [0.15, 0.2) is 0 Å². The van der Waals surface area contributed by atoms with E-state index in [0.29, 0.717) is 28.9 Å². The Kier molecular flexibility index (Phi) is 3.83.